The van der Waals surface area contributed by atoms with Crippen molar-refractivity contribution < 1.29 is 14.3 Å². The Balaban J connectivity index is 1.61. The summed E-state index contributed by atoms with van der Waals surface area (Å²) in [5.74, 6) is 1.34. The molecule has 4 rings (SSSR count). The Kier molecular flexibility index (Phi) is 5.90. The van der Waals surface area contributed by atoms with Gasteiger partial charge in [-0.05, 0) is 63.3 Å². The lowest BCUT2D eigenvalue weighted by atomic mass is 10.1. The molecule has 1 amide bonds. The first-order chi connectivity index (χ1) is 14.6. The summed E-state index contributed by atoms with van der Waals surface area (Å²) < 4.78 is 12.8. The number of carbonyl (C=O) groups is 1. The number of hydrogen-bond donors (Lipinski definition) is 1. The standard InChI is InChI=1S/C23H28N4O3/c1-26-11-8-18(9-12-26)25-21(28)15-27-13-7-16-6-10-24-22(23(16)27)17-4-5-19(29-2)20(14-17)30-3/h4-7,10,13-14,18H,8-9,11-12,15H2,1-3H3,(H,25,28). The van der Waals surface area contributed by atoms with E-state index in [9.17, 15) is 4.79 Å². The molecule has 0 bridgehead atoms. The monoisotopic (exact) mass is 408 g/mol. The van der Waals surface area contributed by atoms with Crippen LogP contribution in [0.4, 0.5) is 0 Å². The molecule has 158 valence electrons. The number of fused-ring (bicyclic) bond motifs is 1. The number of nitrogens with one attached hydrogen (secondary N) is 1. The molecule has 0 unspecified atom stereocenters. The molecule has 30 heavy (non-hydrogen) atoms. The van der Waals surface area contributed by atoms with Crippen molar-refractivity contribution in [3.8, 4) is 22.8 Å². The highest BCUT2D eigenvalue weighted by atomic mass is 16.5. The number of methoxy groups -OCH3 is 2. The van der Waals surface area contributed by atoms with E-state index in [0.29, 0.717) is 11.5 Å². The quantitative estimate of drug-likeness (QED) is 0.679. The number of nitrogens with zero attached hydrogens (tertiary/aromatic N) is 3. The fourth-order valence-electron chi connectivity index (χ4n) is 4.06. The van der Waals surface area contributed by atoms with Crippen molar-refractivity contribution in [3.63, 3.8) is 0 Å². The third-order valence-electron chi connectivity index (χ3n) is 5.73. The van der Waals surface area contributed by atoms with Crippen LogP contribution in [0.25, 0.3) is 22.2 Å². The van der Waals surface area contributed by atoms with Crippen LogP contribution in [0.3, 0.4) is 0 Å². The summed E-state index contributed by atoms with van der Waals surface area (Å²) in [6, 6.07) is 9.97. The number of carbonyl (C=O) groups excluding carboxylic acids is 1. The highest BCUT2D eigenvalue weighted by Crippen LogP contribution is 2.34. The predicted molar refractivity (Wildman–Crippen MR) is 117 cm³/mol. The summed E-state index contributed by atoms with van der Waals surface area (Å²) in [5.41, 5.74) is 2.66. The van der Waals surface area contributed by atoms with E-state index in [1.54, 1.807) is 20.4 Å². The largest absolute Gasteiger partial charge is 0.493 e. The second-order valence-electron chi connectivity index (χ2n) is 7.76. The van der Waals surface area contributed by atoms with Crippen molar-refractivity contribution >= 4 is 16.8 Å². The molecule has 0 atom stereocenters. The number of amides is 1. The van der Waals surface area contributed by atoms with E-state index in [0.717, 1.165) is 48.1 Å². The first-order valence-corrected chi connectivity index (χ1v) is 10.2. The van der Waals surface area contributed by atoms with E-state index in [1.165, 1.54) is 0 Å². The molecule has 1 aromatic carbocycles. The van der Waals surface area contributed by atoms with E-state index in [-0.39, 0.29) is 18.5 Å². The van der Waals surface area contributed by atoms with Crippen molar-refractivity contribution in [1.29, 1.82) is 0 Å². The lowest BCUT2D eigenvalue weighted by Gasteiger charge is -2.29. The Hall–Kier alpha value is -3.06. The third kappa shape index (κ3) is 4.11. The SMILES string of the molecule is COc1ccc(-c2nccc3ccn(CC(=O)NC4CCN(C)CC4)c23)cc1OC. The summed E-state index contributed by atoms with van der Waals surface area (Å²) in [5, 5.41) is 4.23. The third-order valence-corrected chi connectivity index (χ3v) is 5.73. The van der Waals surface area contributed by atoms with Crippen molar-refractivity contribution in [2.45, 2.75) is 25.4 Å². The zero-order chi connectivity index (χ0) is 21.1. The second kappa shape index (κ2) is 8.75. The van der Waals surface area contributed by atoms with Crippen molar-refractivity contribution in [2.75, 3.05) is 34.4 Å². The molecule has 0 aliphatic carbocycles. The number of aromatic nitrogens is 2. The van der Waals surface area contributed by atoms with Gasteiger partial charge in [-0.1, -0.05) is 0 Å². The minimum Gasteiger partial charge on any atom is -0.493 e. The van der Waals surface area contributed by atoms with Crippen LogP contribution in [0.15, 0.2) is 42.7 Å². The molecule has 1 aliphatic heterocycles. The zero-order valence-electron chi connectivity index (χ0n) is 17.7. The van der Waals surface area contributed by atoms with Crippen molar-refractivity contribution in [3.05, 3.63) is 42.7 Å². The van der Waals surface area contributed by atoms with Crippen LogP contribution in [0.5, 0.6) is 11.5 Å². The fourth-order valence-corrected chi connectivity index (χ4v) is 4.06. The van der Waals surface area contributed by atoms with Crippen molar-refractivity contribution in [2.24, 2.45) is 0 Å². The first-order valence-electron chi connectivity index (χ1n) is 10.2. The lowest BCUT2D eigenvalue weighted by Crippen LogP contribution is -2.44. The van der Waals surface area contributed by atoms with Crippen LogP contribution >= 0.6 is 0 Å². The van der Waals surface area contributed by atoms with Gasteiger partial charge < -0.3 is 24.3 Å². The first kappa shape index (κ1) is 20.2. The average molecular weight is 409 g/mol. The molecule has 0 radical (unpaired) electrons. The van der Waals surface area contributed by atoms with E-state index in [4.69, 9.17) is 9.47 Å². The van der Waals surface area contributed by atoms with Crippen LogP contribution in [0, 0.1) is 0 Å². The van der Waals surface area contributed by atoms with Gasteiger partial charge >= 0.3 is 0 Å². The van der Waals surface area contributed by atoms with Gasteiger partial charge in [0.1, 0.15) is 6.54 Å². The van der Waals surface area contributed by atoms with Crippen LogP contribution in [-0.4, -0.2) is 60.8 Å². The molecule has 7 heteroatoms. The van der Waals surface area contributed by atoms with Gasteiger partial charge in [0.25, 0.3) is 0 Å². The highest BCUT2D eigenvalue weighted by molar-refractivity contribution is 5.93. The fraction of sp³-hybridized carbons (Fsp3) is 0.391. The number of rotatable bonds is 6. The molecule has 1 aliphatic rings. The van der Waals surface area contributed by atoms with E-state index < -0.39 is 0 Å². The van der Waals surface area contributed by atoms with Gasteiger partial charge in [-0.3, -0.25) is 9.78 Å². The Labute approximate surface area is 176 Å². The number of pyridine rings is 1. The predicted octanol–water partition coefficient (Wildman–Crippen LogP) is 2.93. The lowest BCUT2D eigenvalue weighted by molar-refractivity contribution is -0.122. The molecular weight excluding hydrogens is 380 g/mol. The summed E-state index contributed by atoms with van der Waals surface area (Å²) >= 11 is 0. The van der Waals surface area contributed by atoms with Crippen LogP contribution in [0.1, 0.15) is 12.8 Å². The summed E-state index contributed by atoms with van der Waals surface area (Å²) in [4.78, 5) is 19.6. The summed E-state index contributed by atoms with van der Waals surface area (Å²) in [6.07, 6.45) is 5.72. The van der Waals surface area contributed by atoms with E-state index >= 15 is 0 Å². The molecule has 0 saturated carbocycles. The van der Waals surface area contributed by atoms with Gasteiger partial charge in [0.15, 0.2) is 11.5 Å². The number of ether oxygens (including phenoxy) is 2. The second-order valence-corrected chi connectivity index (χ2v) is 7.76. The Morgan fingerprint density at radius 2 is 1.90 bits per heavy atom. The number of hydrogen-bond acceptors (Lipinski definition) is 5. The maximum atomic E-state index is 12.7. The van der Waals surface area contributed by atoms with Crippen LogP contribution in [0.2, 0.25) is 0 Å². The number of benzene rings is 1. The van der Waals surface area contributed by atoms with Crippen molar-refractivity contribution in [1.82, 2.24) is 19.8 Å². The number of piperidine rings is 1. The summed E-state index contributed by atoms with van der Waals surface area (Å²) in [7, 11) is 5.35. The summed E-state index contributed by atoms with van der Waals surface area (Å²) in [6.45, 7) is 2.30. The molecule has 3 heterocycles. The van der Waals surface area contributed by atoms with E-state index in [1.807, 2.05) is 41.1 Å². The molecule has 1 fully saturated rings. The van der Waals surface area contributed by atoms with E-state index in [2.05, 4.69) is 22.2 Å². The van der Waals surface area contributed by atoms with Gasteiger partial charge in [-0.25, -0.2) is 0 Å². The molecular formula is C23H28N4O3. The van der Waals surface area contributed by atoms with Gasteiger partial charge in [0.2, 0.25) is 5.91 Å². The number of likely N-dealkylation sites (tertiary alicyclic amines) is 1. The maximum absolute atomic E-state index is 12.7. The van der Waals surface area contributed by atoms with Crippen LogP contribution in [-0.2, 0) is 11.3 Å². The topological polar surface area (TPSA) is 68.6 Å². The smallest absolute Gasteiger partial charge is 0.240 e. The molecule has 7 nitrogen and oxygen atoms in total. The molecule has 3 aromatic rings. The van der Waals surface area contributed by atoms with Gasteiger partial charge in [-0.15, -0.1) is 0 Å². The van der Waals surface area contributed by atoms with Crippen LogP contribution < -0.4 is 14.8 Å². The normalized spacial score (nSPS) is 15.3. The Morgan fingerprint density at radius 1 is 1.13 bits per heavy atom. The molecule has 1 saturated heterocycles. The van der Waals surface area contributed by atoms with Gasteiger partial charge in [0.05, 0.1) is 25.4 Å². The zero-order valence-corrected chi connectivity index (χ0v) is 17.7. The minimum absolute atomic E-state index is 0.0316. The van der Waals surface area contributed by atoms with Gasteiger partial charge in [0, 0.05) is 29.4 Å². The molecule has 2 aromatic heterocycles. The molecule has 1 N–H and O–H groups in total. The minimum atomic E-state index is 0.0316. The van der Waals surface area contributed by atoms with Gasteiger partial charge in [-0.2, -0.15) is 0 Å². The Bertz CT molecular complexity index is 1040. The maximum Gasteiger partial charge on any atom is 0.240 e. The molecule has 0 spiro atoms. The highest BCUT2D eigenvalue weighted by Gasteiger charge is 2.19. The Morgan fingerprint density at radius 3 is 2.63 bits per heavy atom. The average Bonchev–Trinajstić information content (AvgIpc) is 3.17.